The quantitative estimate of drug-likeness (QED) is 0.627. The highest BCUT2D eigenvalue weighted by atomic mass is 35.5. The van der Waals surface area contributed by atoms with Gasteiger partial charge < -0.3 is 14.4 Å². The average molecular weight is 479 g/mol. The molecule has 2 aromatic rings. The lowest BCUT2D eigenvalue weighted by atomic mass is 9.97. The summed E-state index contributed by atoms with van der Waals surface area (Å²) in [5, 5.41) is 0.446. The second kappa shape index (κ2) is 9.09. The molecule has 0 N–H and O–H groups in total. The second-order valence-corrected chi connectivity index (χ2v) is 10.1. The molecule has 2 atom stereocenters. The highest BCUT2D eigenvalue weighted by Gasteiger charge is 2.40. The van der Waals surface area contributed by atoms with Crippen molar-refractivity contribution in [1.82, 2.24) is 4.31 Å². The number of methoxy groups -OCH3 is 1. The van der Waals surface area contributed by atoms with Gasteiger partial charge in [0.2, 0.25) is 22.0 Å². The summed E-state index contributed by atoms with van der Waals surface area (Å²) in [6.07, 6.45) is 0.153. The normalized spacial score (nSPS) is 21.4. The molecule has 1 amide bonds. The molecular weight excluding hydrogens is 456 g/mol. The molecule has 0 aliphatic carbocycles. The number of esters is 1. The monoisotopic (exact) mass is 478 g/mol. The summed E-state index contributed by atoms with van der Waals surface area (Å²) in [7, 11) is -2.50. The Balaban J connectivity index is 1.57. The minimum Gasteiger partial charge on any atom is -0.475 e. The summed E-state index contributed by atoms with van der Waals surface area (Å²) in [6.45, 7) is 0.397. The van der Waals surface area contributed by atoms with Crippen molar-refractivity contribution in [2.75, 3.05) is 31.6 Å². The molecule has 32 heavy (non-hydrogen) atoms. The number of anilines is 1. The van der Waals surface area contributed by atoms with E-state index in [4.69, 9.17) is 21.1 Å². The minimum atomic E-state index is -3.76. The maximum absolute atomic E-state index is 13.5. The van der Waals surface area contributed by atoms with Crippen LogP contribution >= 0.6 is 11.6 Å². The average Bonchev–Trinajstić information content (AvgIpc) is 2.82. The lowest BCUT2D eigenvalue weighted by Crippen LogP contribution is -2.52. The molecule has 0 radical (unpaired) electrons. The van der Waals surface area contributed by atoms with Crippen LogP contribution in [-0.2, 0) is 24.3 Å². The summed E-state index contributed by atoms with van der Waals surface area (Å²) >= 11 is 5.88. The number of piperidine rings is 1. The number of halogens is 1. The van der Waals surface area contributed by atoms with Gasteiger partial charge in [0.05, 0.1) is 30.2 Å². The van der Waals surface area contributed by atoms with Crippen LogP contribution in [0.2, 0.25) is 5.02 Å². The Bertz CT molecular complexity index is 1120. The summed E-state index contributed by atoms with van der Waals surface area (Å²) in [5.41, 5.74) is 0.551. The smallest absolute Gasteiger partial charge is 0.348 e. The molecule has 10 heteroatoms. The molecular formula is C22H23ClN2O6S. The van der Waals surface area contributed by atoms with E-state index in [0.29, 0.717) is 35.8 Å². The van der Waals surface area contributed by atoms with Gasteiger partial charge in [-0.2, -0.15) is 4.31 Å². The van der Waals surface area contributed by atoms with Gasteiger partial charge in [0.15, 0.2) is 0 Å². The van der Waals surface area contributed by atoms with E-state index >= 15 is 0 Å². The number of ether oxygens (including phenoxy) is 2. The Labute approximate surface area is 191 Å². The van der Waals surface area contributed by atoms with E-state index in [1.54, 1.807) is 24.3 Å². The molecule has 2 aliphatic rings. The lowest BCUT2D eigenvalue weighted by molar-refractivity contribution is -0.148. The van der Waals surface area contributed by atoms with Crippen molar-refractivity contribution in [3.05, 3.63) is 53.6 Å². The van der Waals surface area contributed by atoms with Gasteiger partial charge in [-0.05, 0) is 49.2 Å². The van der Waals surface area contributed by atoms with Gasteiger partial charge in [0.1, 0.15) is 5.75 Å². The molecule has 1 fully saturated rings. The summed E-state index contributed by atoms with van der Waals surface area (Å²) in [4.78, 5) is 27.2. The first-order valence-electron chi connectivity index (χ1n) is 10.2. The lowest BCUT2D eigenvalue weighted by Gasteiger charge is -2.38. The maximum atomic E-state index is 13.5. The molecule has 2 aromatic carbocycles. The Morgan fingerprint density at radius 1 is 1.09 bits per heavy atom. The van der Waals surface area contributed by atoms with E-state index in [0.717, 1.165) is 0 Å². The molecule has 1 saturated heterocycles. The Morgan fingerprint density at radius 2 is 1.81 bits per heavy atom. The van der Waals surface area contributed by atoms with Gasteiger partial charge in [-0.25, -0.2) is 13.2 Å². The zero-order valence-electron chi connectivity index (χ0n) is 17.4. The van der Waals surface area contributed by atoms with Crippen LogP contribution in [0.4, 0.5) is 5.69 Å². The fourth-order valence-corrected chi connectivity index (χ4v) is 5.69. The van der Waals surface area contributed by atoms with Crippen LogP contribution in [0, 0.1) is 5.92 Å². The number of nitrogens with zero attached hydrogens (tertiary/aromatic N) is 2. The first-order valence-corrected chi connectivity index (χ1v) is 12.0. The highest BCUT2D eigenvalue weighted by Crippen LogP contribution is 2.35. The second-order valence-electron chi connectivity index (χ2n) is 7.70. The number of fused-ring (bicyclic) bond motifs is 1. The van der Waals surface area contributed by atoms with Crippen molar-refractivity contribution in [1.29, 1.82) is 0 Å². The number of hydrogen-bond donors (Lipinski definition) is 0. The third-order valence-corrected chi connectivity index (χ3v) is 7.82. The Hall–Kier alpha value is -2.62. The zero-order valence-corrected chi connectivity index (χ0v) is 19.0. The molecule has 0 aromatic heterocycles. The van der Waals surface area contributed by atoms with Gasteiger partial charge >= 0.3 is 5.97 Å². The standard InChI is InChI=1S/C22H23ClN2O6S/c1-30-22(27)20-14-25(18-6-2-3-7-19(18)31-20)21(26)15-5-4-12-24(13-15)32(28,29)17-10-8-16(23)9-11-17/h2-3,6-11,15,20H,4-5,12-14H2,1H3. The summed E-state index contributed by atoms with van der Waals surface area (Å²) in [5.74, 6) is -0.960. The molecule has 0 saturated carbocycles. The molecule has 170 valence electrons. The van der Waals surface area contributed by atoms with Crippen molar-refractivity contribution in [3.63, 3.8) is 0 Å². The highest BCUT2D eigenvalue weighted by molar-refractivity contribution is 7.89. The predicted molar refractivity (Wildman–Crippen MR) is 118 cm³/mol. The van der Waals surface area contributed by atoms with E-state index < -0.39 is 28.0 Å². The maximum Gasteiger partial charge on any atom is 0.348 e. The fraction of sp³-hybridized carbons (Fsp3) is 0.364. The molecule has 4 rings (SSSR count). The third kappa shape index (κ3) is 4.32. The van der Waals surface area contributed by atoms with Gasteiger partial charge in [0, 0.05) is 18.1 Å². The van der Waals surface area contributed by atoms with Crippen LogP contribution in [-0.4, -0.2) is 57.4 Å². The van der Waals surface area contributed by atoms with Crippen molar-refractivity contribution >= 4 is 39.2 Å². The minimum absolute atomic E-state index is 0.00293. The topological polar surface area (TPSA) is 93.2 Å². The first kappa shape index (κ1) is 22.6. The number of sulfonamides is 1. The molecule has 0 spiro atoms. The molecule has 2 heterocycles. The van der Waals surface area contributed by atoms with E-state index in [1.165, 1.54) is 40.6 Å². The molecule has 8 nitrogen and oxygen atoms in total. The number of carbonyl (C=O) groups excluding carboxylic acids is 2. The fourth-order valence-electron chi connectivity index (χ4n) is 4.04. The van der Waals surface area contributed by atoms with E-state index in [2.05, 4.69) is 0 Å². The Morgan fingerprint density at radius 3 is 2.53 bits per heavy atom. The Kier molecular flexibility index (Phi) is 6.41. The zero-order chi connectivity index (χ0) is 22.9. The van der Waals surface area contributed by atoms with Crippen LogP contribution in [0.15, 0.2) is 53.4 Å². The number of amides is 1. The van der Waals surface area contributed by atoms with Crippen molar-refractivity contribution < 1.29 is 27.5 Å². The number of para-hydroxylation sites is 2. The van der Waals surface area contributed by atoms with E-state index in [1.807, 2.05) is 0 Å². The van der Waals surface area contributed by atoms with Gasteiger partial charge in [-0.3, -0.25) is 4.79 Å². The number of benzene rings is 2. The first-order chi connectivity index (χ1) is 15.3. The van der Waals surface area contributed by atoms with Gasteiger partial charge in [-0.15, -0.1) is 0 Å². The van der Waals surface area contributed by atoms with Gasteiger partial charge in [0.25, 0.3) is 0 Å². The third-order valence-electron chi connectivity index (χ3n) is 5.69. The molecule has 2 aliphatic heterocycles. The van der Waals surface area contributed by atoms with E-state index in [9.17, 15) is 18.0 Å². The van der Waals surface area contributed by atoms with Crippen LogP contribution in [0.25, 0.3) is 0 Å². The summed E-state index contributed by atoms with van der Waals surface area (Å²) < 4.78 is 38.0. The van der Waals surface area contributed by atoms with Crippen LogP contribution < -0.4 is 9.64 Å². The van der Waals surface area contributed by atoms with E-state index in [-0.39, 0.29) is 23.9 Å². The number of hydrogen-bond acceptors (Lipinski definition) is 6. The summed E-state index contributed by atoms with van der Waals surface area (Å²) in [6, 6.07) is 12.9. The van der Waals surface area contributed by atoms with Crippen molar-refractivity contribution in [2.45, 2.75) is 23.8 Å². The van der Waals surface area contributed by atoms with Gasteiger partial charge in [-0.1, -0.05) is 23.7 Å². The molecule has 2 unspecified atom stereocenters. The number of rotatable bonds is 4. The SMILES string of the molecule is COC(=O)C1CN(C(=O)C2CCCN(S(=O)(=O)c3ccc(Cl)cc3)C2)c2ccccc2O1. The molecule has 0 bridgehead atoms. The van der Waals surface area contributed by atoms with Crippen LogP contribution in [0.1, 0.15) is 12.8 Å². The largest absolute Gasteiger partial charge is 0.475 e. The van der Waals surface area contributed by atoms with Crippen LogP contribution in [0.5, 0.6) is 5.75 Å². The predicted octanol–water partition coefficient (Wildman–Crippen LogP) is 2.71. The number of carbonyl (C=O) groups is 2. The van der Waals surface area contributed by atoms with Crippen molar-refractivity contribution in [3.8, 4) is 5.75 Å². The van der Waals surface area contributed by atoms with Crippen molar-refractivity contribution in [2.24, 2.45) is 5.92 Å². The van der Waals surface area contributed by atoms with Crippen LogP contribution in [0.3, 0.4) is 0 Å².